The first-order chi connectivity index (χ1) is 20.4. The van der Waals surface area contributed by atoms with E-state index < -0.39 is 29.2 Å². The van der Waals surface area contributed by atoms with Crippen molar-refractivity contribution in [3.05, 3.63) is 131 Å². The van der Waals surface area contributed by atoms with Gasteiger partial charge in [-0.1, -0.05) is 60.7 Å². The third-order valence-corrected chi connectivity index (χ3v) is 8.86. The van der Waals surface area contributed by atoms with Crippen molar-refractivity contribution in [3.8, 4) is 11.5 Å². The lowest BCUT2D eigenvalue weighted by atomic mass is 9.64. The molecule has 1 saturated heterocycles. The highest BCUT2D eigenvalue weighted by Gasteiger charge is 2.71. The van der Waals surface area contributed by atoms with Crippen molar-refractivity contribution < 1.29 is 28.2 Å². The highest BCUT2D eigenvalue weighted by molar-refractivity contribution is 6.32. The summed E-state index contributed by atoms with van der Waals surface area (Å²) in [4.78, 5) is 45.9. The molecule has 3 atom stereocenters. The van der Waals surface area contributed by atoms with Gasteiger partial charge in [0.05, 0.1) is 20.3 Å². The van der Waals surface area contributed by atoms with Crippen molar-refractivity contribution in [2.24, 2.45) is 5.41 Å². The van der Waals surface area contributed by atoms with Crippen molar-refractivity contribution in [1.29, 1.82) is 0 Å². The summed E-state index contributed by atoms with van der Waals surface area (Å²) in [5.74, 6) is -1.11. The van der Waals surface area contributed by atoms with Crippen molar-refractivity contribution in [2.45, 2.75) is 18.0 Å². The predicted octanol–water partition coefficient (Wildman–Crippen LogP) is 6.16. The number of ether oxygens (including phenoxy) is 2. The molecular weight excluding hydrogens is 533 g/mol. The van der Waals surface area contributed by atoms with Gasteiger partial charge < -0.3 is 14.4 Å². The highest BCUT2D eigenvalue weighted by Crippen LogP contribution is 2.61. The minimum Gasteiger partial charge on any atom is -0.497 e. The zero-order chi connectivity index (χ0) is 29.2. The van der Waals surface area contributed by atoms with E-state index in [1.165, 1.54) is 19.2 Å². The summed E-state index contributed by atoms with van der Waals surface area (Å²) in [6.07, 6.45) is 3.52. The van der Waals surface area contributed by atoms with Crippen LogP contribution in [0.1, 0.15) is 48.1 Å². The number of methoxy groups -OCH3 is 2. The quantitative estimate of drug-likeness (QED) is 0.216. The van der Waals surface area contributed by atoms with Crippen LogP contribution in [0.25, 0.3) is 6.08 Å². The number of benzene rings is 4. The monoisotopic (exact) mass is 559 g/mol. The molecule has 0 unspecified atom stereocenters. The molecule has 42 heavy (non-hydrogen) atoms. The maximum absolute atomic E-state index is 14.7. The van der Waals surface area contributed by atoms with E-state index in [4.69, 9.17) is 9.47 Å². The molecule has 0 amide bonds. The Morgan fingerprint density at radius 1 is 0.810 bits per heavy atom. The largest absolute Gasteiger partial charge is 0.497 e. The fourth-order valence-electron chi connectivity index (χ4n) is 7.08. The zero-order valence-electron chi connectivity index (χ0n) is 22.9. The fraction of sp³-hybridized carbons (Fsp3) is 0.171. The lowest BCUT2D eigenvalue weighted by Gasteiger charge is -2.37. The molecule has 0 saturated carbocycles. The first-order valence-electron chi connectivity index (χ1n) is 13.7. The van der Waals surface area contributed by atoms with Gasteiger partial charge in [0.15, 0.2) is 17.3 Å². The minimum atomic E-state index is -1.64. The molecule has 0 bridgehead atoms. The Hall–Kier alpha value is -5.04. The van der Waals surface area contributed by atoms with Crippen LogP contribution in [0.15, 0.2) is 97.1 Å². The Balaban J connectivity index is 1.53. The molecule has 1 spiro atoms. The number of rotatable bonds is 5. The van der Waals surface area contributed by atoms with Gasteiger partial charge in [-0.3, -0.25) is 14.4 Å². The summed E-state index contributed by atoms with van der Waals surface area (Å²) >= 11 is 0. The smallest absolute Gasteiger partial charge is 0.186 e. The molecule has 0 aromatic heterocycles. The van der Waals surface area contributed by atoms with E-state index in [0.717, 1.165) is 0 Å². The van der Waals surface area contributed by atoms with E-state index in [1.807, 2.05) is 17.0 Å². The van der Waals surface area contributed by atoms with Crippen molar-refractivity contribution in [3.63, 3.8) is 0 Å². The van der Waals surface area contributed by atoms with Gasteiger partial charge in [-0.15, -0.1) is 0 Å². The SMILES string of the molecule is COc1ccc([C@@H]2[C@H](C(=O)c3cccc(OC)c3)N3c4ccc(F)cc4C=C[C@@H]3C23C(=O)c2ccccc2C3=O)cc1. The lowest BCUT2D eigenvalue weighted by Crippen LogP contribution is -2.48. The third kappa shape index (κ3) is 3.46. The number of anilines is 1. The van der Waals surface area contributed by atoms with Crippen LogP contribution in [0.3, 0.4) is 0 Å². The minimum absolute atomic E-state index is 0.279. The Morgan fingerprint density at radius 3 is 2.17 bits per heavy atom. The van der Waals surface area contributed by atoms with Crippen LogP contribution in [-0.4, -0.2) is 43.7 Å². The van der Waals surface area contributed by atoms with Gasteiger partial charge in [-0.05, 0) is 48.0 Å². The molecule has 6 nitrogen and oxygen atoms in total. The number of fused-ring (bicyclic) bond motifs is 5. The molecule has 7 heteroatoms. The van der Waals surface area contributed by atoms with Gasteiger partial charge in [0.2, 0.25) is 0 Å². The molecule has 3 aliphatic rings. The molecule has 2 aliphatic heterocycles. The highest BCUT2D eigenvalue weighted by atomic mass is 19.1. The van der Waals surface area contributed by atoms with E-state index in [0.29, 0.717) is 45.0 Å². The standard InChI is InChI=1S/C35H26FNO5/c1-41-24-14-10-20(11-15-24)30-31(32(38)22-6-5-7-25(19-22)42-2)37-28-16-13-23(36)18-21(28)12-17-29(37)35(30)33(39)26-8-3-4-9-27(26)34(35)40/h3-19,29-31H,1-2H3/t29-,30-,31-/m1/s1. The molecule has 208 valence electrons. The molecule has 4 aromatic carbocycles. The zero-order valence-corrected chi connectivity index (χ0v) is 22.9. The van der Waals surface area contributed by atoms with Gasteiger partial charge in [-0.2, -0.15) is 0 Å². The van der Waals surface area contributed by atoms with E-state index in [9.17, 15) is 18.8 Å². The summed E-state index contributed by atoms with van der Waals surface area (Å²) < 4.78 is 25.2. The van der Waals surface area contributed by atoms with Crippen LogP contribution in [0.5, 0.6) is 11.5 Å². The molecule has 1 aliphatic carbocycles. The van der Waals surface area contributed by atoms with Crippen molar-refractivity contribution >= 4 is 29.1 Å². The van der Waals surface area contributed by atoms with Crippen LogP contribution < -0.4 is 14.4 Å². The maximum Gasteiger partial charge on any atom is 0.186 e. The number of carbonyl (C=O) groups is 3. The molecular formula is C35H26FNO5. The van der Waals surface area contributed by atoms with Crippen LogP contribution in [0.4, 0.5) is 10.1 Å². The average molecular weight is 560 g/mol. The molecule has 0 N–H and O–H groups in total. The Labute approximate surface area is 242 Å². The summed E-state index contributed by atoms with van der Waals surface area (Å²) in [6.45, 7) is 0. The van der Waals surface area contributed by atoms with Crippen LogP contribution >= 0.6 is 0 Å². The Morgan fingerprint density at radius 2 is 1.50 bits per heavy atom. The van der Waals surface area contributed by atoms with E-state index >= 15 is 0 Å². The van der Waals surface area contributed by atoms with Crippen LogP contribution in [-0.2, 0) is 0 Å². The lowest BCUT2D eigenvalue weighted by molar-refractivity contribution is 0.0666. The first-order valence-corrected chi connectivity index (χ1v) is 13.7. The van der Waals surface area contributed by atoms with Gasteiger partial charge in [-0.25, -0.2) is 4.39 Å². The van der Waals surface area contributed by atoms with Crippen molar-refractivity contribution in [1.82, 2.24) is 0 Å². The van der Waals surface area contributed by atoms with Crippen LogP contribution in [0.2, 0.25) is 0 Å². The number of Topliss-reactive ketones (excluding diaryl/α,β-unsaturated/α-hetero) is 3. The van der Waals surface area contributed by atoms with Crippen LogP contribution in [0, 0.1) is 11.2 Å². The summed E-state index contributed by atoms with van der Waals surface area (Å²) in [5.41, 5.74) is 1.22. The van der Waals surface area contributed by atoms with Gasteiger partial charge in [0.25, 0.3) is 0 Å². The number of ketones is 3. The number of hydrogen-bond acceptors (Lipinski definition) is 6. The fourth-order valence-corrected chi connectivity index (χ4v) is 7.08. The normalized spacial score (nSPS) is 21.2. The second kappa shape index (κ2) is 9.52. The van der Waals surface area contributed by atoms with Gasteiger partial charge in [0, 0.05) is 33.9 Å². The molecule has 2 heterocycles. The third-order valence-electron chi connectivity index (χ3n) is 8.86. The van der Waals surface area contributed by atoms with E-state index in [-0.39, 0.29) is 17.3 Å². The number of hydrogen-bond donors (Lipinski definition) is 0. The topological polar surface area (TPSA) is 72.9 Å². The maximum atomic E-state index is 14.7. The number of carbonyl (C=O) groups excluding carboxylic acids is 3. The van der Waals surface area contributed by atoms with E-state index in [1.54, 1.807) is 86.0 Å². The summed E-state index contributed by atoms with van der Waals surface area (Å²) in [5, 5.41) is 0. The first kappa shape index (κ1) is 25.9. The number of halogens is 1. The van der Waals surface area contributed by atoms with E-state index in [2.05, 4.69) is 0 Å². The predicted molar refractivity (Wildman–Crippen MR) is 156 cm³/mol. The molecule has 1 fully saturated rings. The number of nitrogens with zero attached hydrogens (tertiary/aromatic N) is 1. The van der Waals surface area contributed by atoms with Gasteiger partial charge in [0.1, 0.15) is 28.8 Å². The van der Waals surface area contributed by atoms with Gasteiger partial charge >= 0.3 is 0 Å². The second-order valence-electron chi connectivity index (χ2n) is 10.8. The molecule has 7 rings (SSSR count). The summed E-state index contributed by atoms with van der Waals surface area (Å²) in [6, 6.07) is 23.4. The van der Waals surface area contributed by atoms with Crippen molar-refractivity contribution in [2.75, 3.05) is 19.1 Å². The Kier molecular flexibility index (Phi) is 5.87. The Bertz CT molecular complexity index is 1780. The second-order valence-corrected chi connectivity index (χ2v) is 10.8. The molecule has 4 aromatic rings. The summed E-state index contributed by atoms with van der Waals surface area (Å²) in [7, 11) is 3.08. The average Bonchev–Trinajstić information content (AvgIpc) is 3.46. The molecule has 0 radical (unpaired) electrons.